The largest absolute Gasteiger partial charge is 0.872 e. The first-order chi connectivity index (χ1) is 17.0. The summed E-state index contributed by atoms with van der Waals surface area (Å²) >= 11 is 0. The molecule has 1 atom stereocenters. The number of quaternary nitrogens is 1. The van der Waals surface area contributed by atoms with Crippen molar-refractivity contribution in [2.75, 3.05) is 33.8 Å². The van der Waals surface area contributed by atoms with Crippen molar-refractivity contribution < 1.29 is 24.3 Å². The van der Waals surface area contributed by atoms with Crippen LogP contribution in [0.5, 0.6) is 5.75 Å². The number of rotatable bonds is 9. The first kappa shape index (κ1) is 27.5. The molecule has 1 N–H and O–H groups in total. The molecule has 1 fully saturated rings. The molecule has 2 aromatic carbocycles. The van der Waals surface area contributed by atoms with Gasteiger partial charge in [-0.15, -0.1) is 0 Å². The van der Waals surface area contributed by atoms with Gasteiger partial charge in [-0.25, -0.2) is 0 Å². The van der Waals surface area contributed by atoms with Crippen LogP contribution in [0.2, 0.25) is 0 Å². The summed E-state index contributed by atoms with van der Waals surface area (Å²) in [5.41, 5.74) is 3.13. The lowest BCUT2D eigenvalue weighted by Crippen LogP contribution is -3.06. The monoisotopic (exact) mass is 492 g/mol. The fraction of sp³-hybridized carbons (Fsp3) is 0.467. The molecule has 1 aliphatic heterocycles. The van der Waals surface area contributed by atoms with E-state index in [9.17, 15) is 14.7 Å². The molecule has 1 saturated heterocycles. The number of carbonyl (C=O) groups excluding carboxylic acids is 2. The van der Waals surface area contributed by atoms with E-state index in [1.54, 1.807) is 23.1 Å². The third-order valence-electron chi connectivity index (χ3n) is 6.67. The summed E-state index contributed by atoms with van der Waals surface area (Å²) in [4.78, 5) is 29.1. The Balaban J connectivity index is 2.07. The van der Waals surface area contributed by atoms with E-state index in [-0.39, 0.29) is 11.0 Å². The first-order valence-electron chi connectivity index (χ1n) is 12.9. The van der Waals surface area contributed by atoms with Crippen molar-refractivity contribution in [3.8, 4) is 5.75 Å². The molecule has 1 unspecified atom stereocenters. The second-order valence-electron chi connectivity index (χ2n) is 11.0. The lowest BCUT2D eigenvalue weighted by atomic mass is 9.85. The van der Waals surface area contributed by atoms with Gasteiger partial charge in [-0.05, 0) is 53.1 Å². The number of amides is 1. The van der Waals surface area contributed by atoms with E-state index in [1.807, 2.05) is 45.3 Å². The zero-order chi connectivity index (χ0) is 26.6. The number of Topliss-reactive ketones (excluding diaryl/α,β-unsaturated/α-hetero) is 1. The summed E-state index contributed by atoms with van der Waals surface area (Å²) in [6, 6.07) is 12.4. The van der Waals surface area contributed by atoms with Gasteiger partial charge in [0.2, 0.25) is 5.78 Å². The number of nitrogens with zero attached hydrogens (tertiary/aromatic N) is 1. The number of aryl methyl sites for hydroxylation is 1. The highest BCUT2D eigenvalue weighted by Gasteiger charge is 2.44. The van der Waals surface area contributed by atoms with Gasteiger partial charge >= 0.3 is 0 Å². The summed E-state index contributed by atoms with van der Waals surface area (Å²) in [5.74, 6) is -0.995. The lowest BCUT2D eigenvalue weighted by Gasteiger charge is -2.28. The van der Waals surface area contributed by atoms with Crippen LogP contribution >= 0.6 is 0 Å². The third kappa shape index (κ3) is 5.98. The maximum absolute atomic E-state index is 13.7. The van der Waals surface area contributed by atoms with Crippen LogP contribution in [0.1, 0.15) is 68.8 Å². The van der Waals surface area contributed by atoms with Gasteiger partial charge in [-0.2, -0.15) is 0 Å². The molecule has 2 aromatic rings. The van der Waals surface area contributed by atoms with Crippen LogP contribution in [0.4, 0.5) is 0 Å². The van der Waals surface area contributed by atoms with Crippen molar-refractivity contribution >= 4 is 17.4 Å². The van der Waals surface area contributed by atoms with Gasteiger partial charge in [-0.3, -0.25) is 9.59 Å². The van der Waals surface area contributed by atoms with E-state index in [0.717, 1.165) is 40.2 Å². The molecule has 36 heavy (non-hydrogen) atoms. The summed E-state index contributed by atoms with van der Waals surface area (Å²) in [5, 5.41) is 13.7. The summed E-state index contributed by atoms with van der Waals surface area (Å²) in [7, 11) is 4.00. The molecule has 0 aliphatic carbocycles. The summed E-state index contributed by atoms with van der Waals surface area (Å²) in [6.45, 7) is 12.1. The first-order valence-corrected chi connectivity index (χ1v) is 12.9. The number of hydrogen-bond donors (Lipinski definition) is 1. The maximum Gasteiger partial charge on any atom is 0.295 e. The van der Waals surface area contributed by atoms with Crippen molar-refractivity contribution in [2.45, 2.75) is 58.9 Å². The second-order valence-corrected chi connectivity index (χ2v) is 11.0. The Hall–Kier alpha value is -3.12. The predicted octanol–water partition coefficient (Wildman–Crippen LogP) is 2.84. The topological polar surface area (TPSA) is 74.1 Å². The molecule has 3 rings (SSSR count). The number of likely N-dealkylation sites (tertiary alicyclic amines) is 1. The highest BCUT2D eigenvalue weighted by molar-refractivity contribution is 6.46. The van der Waals surface area contributed by atoms with Crippen molar-refractivity contribution in [1.29, 1.82) is 0 Å². The predicted molar refractivity (Wildman–Crippen MR) is 141 cm³/mol. The molecule has 6 nitrogen and oxygen atoms in total. The molecule has 0 spiro atoms. The highest BCUT2D eigenvalue weighted by Crippen LogP contribution is 2.39. The zero-order valence-electron chi connectivity index (χ0n) is 22.7. The number of ketones is 1. The van der Waals surface area contributed by atoms with Crippen LogP contribution in [0, 0.1) is 6.92 Å². The molecule has 0 radical (unpaired) electrons. The minimum atomic E-state index is -0.709. The summed E-state index contributed by atoms with van der Waals surface area (Å²) < 4.78 is 5.83. The smallest absolute Gasteiger partial charge is 0.295 e. The van der Waals surface area contributed by atoms with Crippen LogP contribution < -0.4 is 14.7 Å². The number of carbonyl (C=O) groups is 2. The van der Waals surface area contributed by atoms with Crippen molar-refractivity contribution in [2.24, 2.45) is 0 Å². The molecule has 1 heterocycles. The number of hydrogen-bond acceptors (Lipinski definition) is 4. The quantitative estimate of drug-likeness (QED) is 0.253. The van der Waals surface area contributed by atoms with Crippen LogP contribution in [0.3, 0.4) is 0 Å². The minimum absolute atomic E-state index is 0.0244. The van der Waals surface area contributed by atoms with Gasteiger partial charge < -0.3 is 19.6 Å². The van der Waals surface area contributed by atoms with Gasteiger partial charge in [0.25, 0.3) is 5.91 Å². The van der Waals surface area contributed by atoms with Crippen LogP contribution in [0.15, 0.2) is 48.0 Å². The molecule has 0 bridgehead atoms. The lowest BCUT2D eigenvalue weighted by molar-refractivity contribution is -0.857. The Bertz CT molecular complexity index is 1130. The van der Waals surface area contributed by atoms with Gasteiger partial charge in [0.05, 0.1) is 39.8 Å². The molecule has 0 saturated carbocycles. The zero-order valence-corrected chi connectivity index (χ0v) is 22.7. The molecular weight excluding hydrogens is 452 g/mol. The Morgan fingerprint density at radius 2 is 1.75 bits per heavy atom. The van der Waals surface area contributed by atoms with Crippen molar-refractivity contribution in [3.05, 3.63) is 70.3 Å². The van der Waals surface area contributed by atoms with Gasteiger partial charge in [0.1, 0.15) is 5.75 Å². The van der Waals surface area contributed by atoms with E-state index in [0.29, 0.717) is 25.3 Å². The molecule has 194 valence electrons. The highest BCUT2D eigenvalue weighted by atomic mass is 16.5. The van der Waals surface area contributed by atoms with Crippen molar-refractivity contribution in [1.82, 2.24) is 4.90 Å². The Morgan fingerprint density at radius 3 is 2.31 bits per heavy atom. The average molecular weight is 493 g/mol. The maximum atomic E-state index is 13.7. The fourth-order valence-electron chi connectivity index (χ4n) is 4.39. The van der Waals surface area contributed by atoms with Crippen LogP contribution in [0.25, 0.3) is 5.76 Å². The SMILES string of the molecule is CCCCOc1ccc(C([O-])=C2C(=O)C(=O)N(CC[NH+](C)C)C2c2ccc(C(C)(C)C)cc2)cc1C. The molecule has 1 amide bonds. The Labute approximate surface area is 215 Å². The Kier molecular flexibility index (Phi) is 8.62. The number of ether oxygens (including phenoxy) is 1. The van der Waals surface area contributed by atoms with E-state index in [2.05, 4.69) is 27.7 Å². The molecule has 6 heteroatoms. The van der Waals surface area contributed by atoms with Crippen LogP contribution in [-0.4, -0.2) is 50.4 Å². The van der Waals surface area contributed by atoms with Crippen molar-refractivity contribution in [3.63, 3.8) is 0 Å². The number of nitrogens with one attached hydrogen (secondary N) is 1. The van der Waals surface area contributed by atoms with Gasteiger partial charge in [-0.1, -0.05) is 70.2 Å². The summed E-state index contributed by atoms with van der Waals surface area (Å²) in [6.07, 6.45) is 1.99. The van der Waals surface area contributed by atoms with Gasteiger partial charge in [0.15, 0.2) is 0 Å². The average Bonchev–Trinajstić information content (AvgIpc) is 3.07. The van der Waals surface area contributed by atoms with Gasteiger partial charge in [0, 0.05) is 5.57 Å². The number of benzene rings is 2. The standard InChI is InChI=1S/C30H40N2O4/c1-8-9-18-36-24-15-12-22(19-20(24)2)27(33)25-26(21-10-13-23(14-11-21)30(3,4)5)32(17-16-31(6)7)29(35)28(25)34/h10-15,19,26,33H,8-9,16-18H2,1-7H3. The van der Waals surface area contributed by atoms with E-state index in [1.165, 1.54) is 0 Å². The fourth-order valence-corrected chi connectivity index (χ4v) is 4.39. The minimum Gasteiger partial charge on any atom is -0.872 e. The molecular formula is C30H40N2O4. The van der Waals surface area contributed by atoms with E-state index < -0.39 is 23.5 Å². The normalized spacial score (nSPS) is 17.8. The number of unbranched alkanes of at least 4 members (excludes halogenated alkanes) is 1. The van der Waals surface area contributed by atoms with Crippen LogP contribution in [-0.2, 0) is 15.0 Å². The van der Waals surface area contributed by atoms with E-state index >= 15 is 0 Å². The third-order valence-corrected chi connectivity index (χ3v) is 6.67. The molecule has 0 aromatic heterocycles. The Morgan fingerprint density at radius 1 is 1.08 bits per heavy atom. The molecule has 1 aliphatic rings. The van der Waals surface area contributed by atoms with E-state index in [4.69, 9.17) is 4.74 Å². The number of likely N-dealkylation sites (N-methyl/N-ethyl adjacent to an activating group) is 1. The second kappa shape index (κ2) is 11.3.